The van der Waals surface area contributed by atoms with Crippen LogP contribution in [0.15, 0.2) is 72.8 Å². The minimum Gasteiger partial charge on any atom is -0.371 e. The molecule has 5 nitrogen and oxygen atoms in total. The SMILES string of the molecule is Cc1ccccc1[C@@H]1CCN(C(=O)CN2CCN(Cc3ccccc3)CC2)C[C@@H]1OCc1cc(C(F)(F)F)cc(C(F)(F)F)c1. The second kappa shape index (κ2) is 13.9. The third-order valence-electron chi connectivity index (χ3n) is 8.68. The quantitative estimate of drug-likeness (QED) is 0.257. The Morgan fingerprint density at radius 1 is 0.778 bits per heavy atom. The summed E-state index contributed by atoms with van der Waals surface area (Å²) in [7, 11) is 0. The first-order chi connectivity index (χ1) is 21.4. The van der Waals surface area contributed by atoms with E-state index in [1.54, 1.807) is 4.90 Å². The molecule has 11 heteroatoms. The minimum absolute atomic E-state index is 0.0678. The van der Waals surface area contributed by atoms with Crippen LogP contribution in [0.1, 0.15) is 45.7 Å². The van der Waals surface area contributed by atoms with E-state index in [1.165, 1.54) is 5.56 Å². The number of nitrogens with zero attached hydrogens (tertiary/aromatic N) is 3. The molecule has 2 heterocycles. The van der Waals surface area contributed by atoms with Gasteiger partial charge in [-0.3, -0.25) is 14.6 Å². The molecule has 0 unspecified atom stereocenters. The number of carbonyl (C=O) groups is 1. The second-order valence-corrected chi connectivity index (χ2v) is 11.9. The number of carbonyl (C=O) groups excluding carboxylic acids is 1. The Labute approximate surface area is 259 Å². The Morgan fingerprint density at radius 2 is 1.38 bits per heavy atom. The molecule has 3 aromatic carbocycles. The Bertz CT molecular complexity index is 1410. The number of hydrogen-bond donors (Lipinski definition) is 0. The normalized spacial score (nSPS) is 20.4. The molecule has 0 N–H and O–H groups in total. The van der Waals surface area contributed by atoms with Gasteiger partial charge in [0.1, 0.15) is 0 Å². The number of halogens is 6. The number of amides is 1. The fraction of sp³-hybridized carbons (Fsp3) is 0.441. The van der Waals surface area contributed by atoms with Gasteiger partial charge in [0.05, 0.1) is 30.4 Å². The first kappa shape index (κ1) is 33.0. The van der Waals surface area contributed by atoms with Crippen LogP contribution in [0.3, 0.4) is 0 Å². The number of ether oxygens (including phenoxy) is 1. The summed E-state index contributed by atoms with van der Waals surface area (Å²) < 4.78 is 86.8. The summed E-state index contributed by atoms with van der Waals surface area (Å²) in [6.45, 7) is 6.42. The zero-order chi connectivity index (χ0) is 32.2. The zero-order valence-corrected chi connectivity index (χ0v) is 25.1. The van der Waals surface area contributed by atoms with Crippen molar-refractivity contribution >= 4 is 5.91 Å². The van der Waals surface area contributed by atoms with Crippen molar-refractivity contribution in [2.24, 2.45) is 0 Å². The molecule has 1 amide bonds. The summed E-state index contributed by atoms with van der Waals surface area (Å²) in [5, 5.41) is 0. The first-order valence-electron chi connectivity index (χ1n) is 15.1. The van der Waals surface area contributed by atoms with Crippen LogP contribution in [0.4, 0.5) is 26.3 Å². The molecule has 45 heavy (non-hydrogen) atoms. The van der Waals surface area contributed by atoms with Gasteiger partial charge in [0, 0.05) is 51.7 Å². The molecule has 2 fully saturated rings. The molecule has 2 atom stereocenters. The van der Waals surface area contributed by atoms with Gasteiger partial charge in [-0.1, -0.05) is 54.6 Å². The largest absolute Gasteiger partial charge is 0.416 e. The molecular weight excluding hydrogens is 596 g/mol. The third-order valence-corrected chi connectivity index (χ3v) is 8.68. The van der Waals surface area contributed by atoms with Crippen LogP contribution in [-0.2, 0) is 35.0 Å². The van der Waals surface area contributed by atoms with Crippen LogP contribution >= 0.6 is 0 Å². The van der Waals surface area contributed by atoms with Crippen LogP contribution in [0, 0.1) is 6.92 Å². The highest BCUT2D eigenvalue weighted by molar-refractivity contribution is 5.78. The number of hydrogen-bond acceptors (Lipinski definition) is 4. The molecule has 0 spiro atoms. The van der Waals surface area contributed by atoms with E-state index in [0.29, 0.717) is 25.1 Å². The highest BCUT2D eigenvalue weighted by atomic mass is 19.4. The summed E-state index contributed by atoms with van der Waals surface area (Å²) in [5.74, 6) is -0.244. The van der Waals surface area contributed by atoms with Gasteiger partial charge in [-0.05, 0) is 53.8 Å². The number of alkyl halides is 6. The lowest BCUT2D eigenvalue weighted by atomic mass is 9.84. The van der Waals surface area contributed by atoms with Gasteiger partial charge in [0.15, 0.2) is 0 Å². The van der Waals surface area contributed by atoms with E-state index in [0.717, 1.165) is 43.9 Å². The number of likely N-dealkylation sites (tertiary alicyclic amines) is 1. The predicted octanol–water partition coefficient (Wildman–Crippen LogP) is 6.75. The molecule has 0 aromatic heterocycles. The van der Waals surface area contributed by atoms with Crippen LogP contribution in [0.25, 0.3) is 0 Å². The Balaban J connectivity index is 1.26. The lowest BCUT2D eigenvalue weighted by Gasteiger charge is -2.40. The van der Waals surface area contributed by atoms with Crippen LogP contribution in [0.5, 0.6) is 0 Å². The number of piperidine rings is 1. The molecule has 242 valence electrons. The van der Waals surface area contributed by atoms with E-state index < -0.39 is 36.2 Å². The summed E-state index contributed by atoms with van der Waals surface area (Å²) in [5.41, 5.74) is 0.250. The summed E-state index contributed by atoms with van der Waals surface area (Å²) >= 11 is 0. The lowest BCUT2D eigenvalue weighted by Crippen LogP contribution is -2.53. The lowest BCUT2D eigenvalue weighted by molar-refractivity contribution is -0.143. The Hall–Kier alpha value is -3.41. The number of rotatable bonds is 8. The first-order valence-corrected chi connectivity index (χ1v) is 15.1. The molecule has 0 bridgehead atoms. The van der Waals surface area contributed by atoms with Crippen molar-refractivity contribution in [3.8, 4) is 0 Å². The maximum absolute atomic E-state index is 13.5. The molecular formula is C34H37F6N3O2. The molecule has 0 radical (unpaired) electrons. The van der Waals surface area contributed by atoms with Gasteiger partial charge in [0.2, 0.25) is 5.91 Å². The highest BCUT2D eigenvalue weighted by Crippen LogP contribution is 2.37. The van der Waals surface area contributed by atoms with Crippen molar-refractivity contribution in [3.63, 3.8) is 0 Å². The van der Waals surface area contributed by atoms with Crippen molar-refractivity contribution in [1.29, 1.82) is 0 Å². The van der Waals surface area contributed by atoms with Gasteiger partial charge in [-0.2, -0.15) is 26.3 Å². The number of aryl methyl sites for hydroxylation is 1. The topological polar surface area (TPSA) is 36.0 Å². The third kappa shape index (κ3) is 8.65. The summed E-state index contributed by atoms with van der Waals surface area (Å²) in [4.78, 5) is 19.6. The smallest absolute Gasteiger partial charge is 0.371 e. The fourth-order valence-electron chi connectivity index (χ4n) is 6.21. The van der Waals surface area contributed by atoms with Gasteiger partial charge >= 0.3 is 12.4 Å². The van der Waals surface area contributed by atoms with Crippen LogP contribution in [0.2, 0.25) is 0 Å². The number of piperazine rings is 1. The standard InChI is InChI=1S/C34H37F6N3O2/c1-24-7-5-6-10-29(24)30-11-12-43(32(44)22-42-15-13-41(14-16-42)20-25-8-3-2-4-9-25)21-31(30)45-23-26-17-27(33(35,36)37)19-28(18-26)34(38,39)40/h2-10,17-19,30-31H,11-16,20-23H2,1H3/t30-,31-/m0/s1. The number of benzene rings is 3. The minimum atomic E-state index is -4.94. The molecule has 3 aromatic rings. The fourth-order valence-corrected chi connectivity index (χ4v) is 6.21. The van der Waals surface area contributed by atoms with Crippen LogP contribution in [-0.4, -0.2) is 72.5 Å². The molecule has 0 aliphatic carbocycles. The van der Waals surface area contributed by atoms with E-state index in [9.17, 15) is 31.1 Å². The molecule has 2 saturated heterocycles. The zero-order valence-electron chi connectivity index (χ0n) is 25.1. The molecule has 5 rings (SSSR count). The van der Waals surface area contributed by atoms with Crippen molar-refractivity contribution in [2.75, 3.05) is 45.8 Å². The Morgan fingerprint density at radius 3 is 2.00 bits per heavy atom. The van der Waals surface area contributed by atoms with Crippen molar-refractivity contribution < 1.29 is 35.9 Å². The monoisotopic (exact) mass is 633 g/mol. The van der Waals surface area contributed by atoms with Gasteiger partial charge in [0.25, 0.3) is 0 Å². The van der Waals surface area contributed by atoms with Crippen molar-refractivity contribution in [2.45, 2.75) is 50.9 Å². The van der Waals surface area contributed by atoms with E-state index in [2.05, 4.69) is 21.9 Å². The van der Waals surface area contributed by atoms with E-state index in [-0.39, 0.29) is 36.5 Å². The van der Waals surface area contributed by atoms with Gasteiger partial charge in [-0.25, -0.2) is 0 Å². The average molecular weight is 634 g/mol. The van der Waals surface area contributed by atoms with Crippen molar-refractivity contribution in [1.82, 2.24) is 14.7 Å². The summed E-state index contributed by atoms with van der Waals surface area (Å²) in [6, 6.07) is 19.4. The maximum atomic E-state index is 13.5. The molecule has 2 aliphatic heterocycles. The van der Waals surface area contributed by atoms with E-state index in [1.807, 2.05) is 49.4 Å². The van der Waals surface area contributed by atoms with Gasteiger partial charge < -0.3 is 9.64 Å². The predicted molar refractivity (Wildman–Crippen MR) is 158 cm³/mol. The average Bonchev–Trinajstić information content (AvgIpc) is 3.01. The molecule has 2 aliphatic rings. The highest BCUT2D eigenvalue weighted by Gasteiger charge is 2.38. The Kier molecular flexibility index (Phi) is 10.2. The van der Waals surface area contributed by atoms with Gasteiger partial charge in [-0.15, -0.1) is 0 Å². The van der Waals surface area contributed by atoms with Crippen LogP contribution < -0.4 is 0 Å². The molecule has 0 saturated carbocycles. The van der Waals surface area contributed by atoms with E-state index >= 15 is 0 Å². The maximum Gasteiger partial charge on any atom is 0.416 e. The van der Waals surface area contributed by atoms with Crippen molar-refractivity contribution in [3.05, 3.63) is 106 Å². The van der Waals surface area contributed by atoms with E-state index in [4.69, 9.17) is 4.74 Å². The second-order valence-electron chi connectivity index (χ2n) is 11.9. The summed E-state index contributed by atoms with van der Waals surface area (Å²) in [6.07, 6.45) is -9.94.